The van der Waals surface area contributed by atoms with Gasteiger partial charge in [0, 0.05) is 5.30 Å². The normalized spacial score (nSPS) is 21.1. The molecule has 9 nitrogen and oxygen atoms in total. The van der Waals surface area contributed by atoms with Crippen molar-refractivity contribution in [2.45, 2.75) is 12.3 Å². The maximum absolute atomic E-state index is 10.4. The second-order valence-corrected chi connectivity index (χ2v) is 8.98. The summed E-state index contributed by atoms with van der Waals surface area (Å²) >= 11 is 5.25. The number of hydrogen-bond acceptors (Lipinski definition) is 8. The SMILES string of the molecule is N.Nc1ncnc2c1ncn2C1C=CC(COP(O)(=S)c2ccccc2)O1. The molecule has 0 fully saturated rings. The standard InChI is InChI=1S/C16H16N5O3PS.H3N/c17-15-14-16(19-9-18-15)21(10-20-14)13-7-6-11(24-13)8-23-25(22,26)12-4-2-1-3-5-12;/h1-7,9-11,13H,8H2,(H,22,26)(H2,17,18,19);1H3. The van der Waals surface area contributed by atoms with Crippen LogP contribution in [0.25, 0.3) is 11.2 Å². The number of rotatable bonds is 5. The topological polar surface area (TPSA) is 143 Å². The summed E-state index contributed by atoms with van der Waals surface area (Å²) in [5, 5.41) is 0.612. The van der Waals surface area contributed by atoms with Crippen LogP contribution in [0, 0.1) is 0 Å². The third-order valence-corrected chi connectivity index (χ3v) is 6.36. The molecule has 3 unspecified atom stereocenters. The van der Waals surface area contributed by atoms with Crippen molar-refractivity contribution in [3.05, 3.63) is 55.1 Å². The lowest BCUT2D eigenvalue weighted by atomic mass is 10.4. The van der Waals surface area contributed by atoms with E-state index >= 15 is 0 Å². The fourth-order valence-electron chi connectivity index (χ4n) is 2.66. The fraction of sp³-hybridized carbons (Fsp3) is 0.188. The van der Waals surface area contributed by atoms with Crippen LogP contribution < -0.4 is 17.2 Å². The quantitative estimate of drug-likeness (QED) is 0.426. The molecule has 6 N–H and O–H groups in total. The summed E-state index contributed by atoms with van der Waals surface area (Å²) in [7, 11) is 0. The van der Waals surface area contributed by atoms with Crippen molar-refractivity contribution < 1.29 is 14.2 Å². The zero-order valence-corrected chi connectivity index (χ0v) is 16.0. The number of imidazole rings is 1. The highest BCUT2D eigenvalue weighted by atomic mass is 32.5. The van der Waals surface area contributed by atoms with Crippen LogP contribution in [0.3, 0.4) is 0 Å². The van der Waals surface area contributed by atoms with Gasteiger partial charge in [-0.1, -0.05) is 24.3 Å². The van der Waals surface area contributed by atoms with E-state index in [9.17, 15) is 4.89 Å². The molecule has 0 radical (unpaired) electrons. The first-order valence-corrected chi connectivity index (χ1v) is 10.5. The molecular weight excluding hydrogens is 387 g/mol. The smallest absolute Gasteiger partial charge is 0.217 e. The molecule has 2 aromatic heterocycles. The van der Waals surface area contributed by atoms with E-state index in [1.807, 2.05) is 30.4 Å². The first-order chi connectivity index (χ1) is 12.5. The van der Waals surface area contributed by atoms with Crippen LogP contribution >= 0.6 is 6.49 Å². The maximum Gasteiger partial charge on any atom is 0.217 e. The van der Waals surface area contributed by atoms with E-state index in [2.05, 4.69) is 15.0 Å². The van der Waals surface area contributed by atoms with Gasteiger partial charge in [-0.05, 0) is 30.0 Å². The number of ether oxygens (including phenoxy) is 1. The highest BCUT2D eigenvalue weighted by Gasteiger charge is 2.26. The Hall–Kier alpha value is -2.20. The second kappa shape index (κ2) is 7.81. The number of fused-ring (bicyclic) bond motifs is 1. The molecule has 3 heterocycles. The summed E-state index contributed by atoms with van der Waals surface area (Å²) in [6, 6.07) is 9.01. The van der Waals surface area contributed by atoms with E-state index in [1.54, 1.807) is 23.0 Å². The number of nitrogens with two attached hydrogens (primary N) is 1. The van der Waals surface area contributed by atoms with Gasteiger partial charge in [0.05, 0.1) is 12.9 Å². The van der Waals surface area contributed by atoms with Crippen LogP contribution in [0.1, 0.15) is 6.23 Å². The highest BCUT2D eigenvalue weighted by molar-refractivity contribution is 8.13. The predicted molar refractivity (Wildman–Crippen MR) is 106 cm³/mol. The van der Waals surface area contributed by atoms with Crippen LogP contribution in [-0.4, -0.2) is 37.1 Å². The van der Waals surface area contributed by atoms with Gasteiger partial charge in [-0.15, -0.1) is 0 Å². The Morgan fingerprint density at radius 1 is 1.22 bits per heavy atom. The van der Waals surface area contributed by atoms with Crippen molar-refractivity contribution in [2.75, 3.05) is 12.3 Å². The zero-order chi connectivity index (χ0) is 18.1. The Morgan fingerprint density at radius 2 is 2.00 bits per heavy atom. The molecule has 0 bridgehead atoms. The minimum atomic E-state index is -3.06. The van der Waals surface area contributed by atoms with E-state index < -0.39 is 12.7 Å². The monoisotopic (exact) mass is 406 g/mol. The Kier molecular flexibility index (Phi) is 5.66. The maximum atomic E-state index is 10.4. The van der Waals surface area contributed by atoms with Gasteiger partial charge in [-0.25, -0.2) is 15.0 Å². The second-order valence-electron chi connectivity index (χ2n) is 5.68. The Morgan fingerprint density at radius 3 is 2.78 bits per heavy atom. The summed E-state index contributed by atoms with van der Waals surface area (Å²) in [4.78, 5) is 22.8. The largest absolute Gasteiger partial charge is 0.382 e. The van der Waals surface area contributed by atoms with Crippen molar-refractivity contribution >= 4 is 40.6 Å². The van der Waals surface area contributed by atoms with Gasteiger partial charge in [-0.2, -0.15) is 0 Å². The van der Waals surface area contributed by atoms with Gasteiger partial charge < -0.3 is 26.0 Å². The van der Waals surface area contributed by atoms with Crippen molar-refractivity contribution in [1.29, 1.82) is 0 Å². The zero-order valence-electron chi connectivity index (χ0n) is 14.3. The number of aromatic nitrogens is 4. The van der Waals surface area contributed by atoms with E-state index in [4.69, 9.17) is 26.8 Å². The highest BCUT2D eigenvalue weighted by Crippen LogP contribution is 2.41. The van der Waals surface area contributed by atoms with Crippen LogP contribution in [0.4, 0.5) is 5.82 Å². The van der Waals surface area contributed by atoms with Gasteiger partial charge >= 0.3 is 0 Å². The molecule has 1 aliphatic heterocycles. The number of benzene rings is 1. The lowest BCUT2D eigenvalue weighted by Crippen LogP contribution is -2.18. The molecule has 3 aromatic rings. The van der Waals surface area contributed by atoms with Crippen molar-refractivity contribution in [3.63, 3.8) is 0 Å². The molecule has 11 heteroatoms. The van der Waals surface area contributed by atoms with Crippen LogP contribution in [-0.2, 0) is 21.1 Å². The van der Waals surface area contributed by atoms with Gasteiger partial charge in [0.25, 0.3) is 0 Å². The summed E-state index contributed by atoms with van der Waals surface area (Å²) in [5.41, 5.74) is 6.92. The lowest BCUT2D eigenvalue weighted by molar-refractivity contribution is -0.000773. The summed E-state index contributed by atoms with van der Waals surface area (Å²) in [5.74, 6) is 0.319. The average molecular weight is 406 g/mol. The number of nitrogen functional groups attached to an aromatic ring is 1. The average Bonchev–Trinajstić information content (AvgIpc) is 3.28. The molecule has 1 aromatic carbocycles. The number of nitrogens with zero attached hydrogens (tertiary/aromatic N) is 4. The third kappa shape index (κ3) is 3.91. The summed E-state index contributed by atoms with van der Waals surface area (Å²) in [6.07, 6.45) is 5.99. The molecule has 0 amide bonds. The minimum Gasteiger partial charge on any atom is -0.382 e. The van der Waals surface area contributed by atoms with Crippen LogP contribution in [0.5, 0.6) is 0 Å². The third-order valence-electron chi connectivity index (χ3n) is 3.96. The van der Waals surface area contributed by atoms with Gasteiger partial charge in [0.1, 0.15) is 17.9 Å². The predicted octanol–water partition coefficient (Wildman–Crippen LogP) is 1.67. The molecule has 4 rings (SSSR count). The molecule has 142 valence electrons. The van der Waals surface area contributed by atoms with Crippen molar-refractivity contribution in [1.82, 2.24) is 25.7 Å². The van der Waals surface area contributed by atoms with E-state index in [0.29, 0.717) is 22.3 Å². The Labute approximate surface area is 160 Å². The molecule has 3 atom stereocenters. The molecule has 0 aliphatic carbocycles. The van der Waals surface area contributed by atoms with E-state index in [1.165, 1.54) is 6.33 Å². The minimum absolute atomic E-state index is 0. The van der Waals surface area contributed by atoms with Gasteiger partial charge in [0.2, 0.25) is 6.49 Å². The van der Waals surface area contributed by atoms with Gasteiger partial charge in [-0.3, -0.25) is 4.57 Å². The Balaban J connectivity index is 0.00000210. The van der Waals surface area contributed by atoms with Crippen molar-refractivity contribution in [3.8, 4) is 0 Å². The van der Waals surface area contributed by atoms with Gasteiger partial charge in [0.15, 0.2) is 17.7 Å². The van der Waals surface area contributed by atoms with E-state index in [-0.39, 0.29) is 18.9 Å². The summed E-state index contributed by atoms with van der Waals surface area (Å²) in [6.45, 7) is -2.91. The number of hydrogen-bond donors (Lipinski definition) is 3. The van der Waals surface area contributed by atoms with E-state index in [0.717, 1.165) is 0 Å². The molecule has 0 spiro atoms. The van der Waals surface area contributed by atoms with Crippen LogP contribution in [0.2, 0.25) is 0 Å². The Bertz CT molecular complexity index is 1010. The molecule has 0 saturated carbocycles. The number of anilines is 1. The molecule has 0 saturated heterocycles. The molecule has 1 aliphatic rings. The first-order valence-electron chi connectivity index (χ1n) is 7.84. The molecule has 27 heavy (non-hydrogen) atoms. The summed E-state index contributed by atoms with van der Waals surface area (Å²) < 4.78 is 13.3. The fourth-order valence-corrected chi connectivity index (χ4v) is 4.26. The van der Waals surface area contributed by atoms with Crippen LogP contribution in [0.15, 0.2) is 55.1 Å². The van der Waals surface area contributed by atoms with Crippen molar-refractivity contribution in [2.24, 2.45) is 0 Å². The lowest BCUT2D eigenvalue weighted by Gasteiger charge is -2.20. The molecular formula is C16H19N6O3PS. The first kappa shape index (κ1) is 19.6.